The van der Waals surface area contributed by atoms with E-state index in [-0.39, 0.29) is 11.3 Å². The zero-order valence-electron chi connectivity index (χ0n) is 8.94. The fourth-order valence-corrected chi connectivity index (χ4v) is 2.67. The third kappa shape index (κ3) is 1.92. The van der Waals surface area contributed by atoms with Crippen LogP contribution in [0.1, 0.15) is 19.3 Å². The molecule has 3 rings (SSSR count). The molecule has 0 aliphatic carbocycles. The molecule has 17 heavy (non-hydrogen) atoms. The highest BCUT2D eigenvalue weighted by Gasteiger charge is 2.43. The van der Waals surface area contributed by atoms with Crippen LogP contribution in [0.25, 0.3) is 0 Å². The van der Waals surface area contributed by atoms with E-state index in [1.165, 1.54) is 6.34 Å². The van der Waals surface area contributed by atoms with Crippen LogP contribution in [-0.4, -0.2) is 40.9 Å². The minimum Gasteiger partial charge on any atom is -0.372 e. The lowest BCUT2D eigenvalue weighted by Gasteiger charge is -2.33. The Labute approximate surface area is 108 Å². The summed E-state index contributed by atoms with van der Waals surface area (Å²) in [5.74, 6) is 0.439. The molecule has 0 aromatic rings. The van der Waals surface area contributed by atoms with E-state index >= 15 is 0 Å². The first kappa shape index (κ1) is 11.3. The molecule has 90 valence electrons. The van der Waals surface area contributed by atoms with Crippen molar-refractivity contribution in [3.8, 4) is 0 Å². The molecule has 3 heterocycles. The standard InChI is InChI=1S/C10H10Cl2N4O/c11-8-7-9(14-5-13-7)16-10(12,15-8)6-3-1-2-4-17-6/h5-6H,1-4H2. The van der Waals surface area contributed by atoms with E-state index in [0.717, 1.165) is 19.3 Å². The Morgan fingerprint density at radius 2 is 2.24 bits per heavy atom. The molecule has 0 bridgehead atoms. The Morgan fingerprint density at radius 1 is 1.35 bits per heavy atom. The average molecular weight is 273 g/mol. The van der Waals surface area contributed by atoms with Crippen LogP contribution in [0.2, 0.25) is 0 Å². The third-order valence-corrected chi connectivity index (χ3v) is 3.56. The molecule has 3 aliphatic rings. The normalized spacial score (nSPS) is 36.1. The van der Waals surface area contributed by atoms with E-state index in [1.54, 1.807) is 0 Å². The summed E-state index contributed by atoms with van der Waals surface area (Å²) in [6.45, 7) is 0.682. The fraction of sp³-hybridized carbons (Fsp3) is 0.600. The SMILES string of the molecule is ClC1=NC(Cl)(C2CCCCO2)N=C2N=CN=C12. The van der Waals surface area contributed by atoms with E-state index < -0.39 is 5.12 Å². The largest absolute Gasteiger partial charge is 0.372 e. The van der Waals surface area contributed by atoms with Gasteiger partial charge in [0.2, 0.25) is 0 Å². The molecule has 0 amide bonds. The number of halogens is 2. The molecular weight excluding hydrogens is 263 g/mol. The number of aliphatic imine (C=N–C) groups is 4. The topological polar surface area (TPSA) is 58.7 Å². The zero-order chi connectivity index (χ0) is 11.9. The van der Waals surface area contributed by atoms with Gasteiger partial charge in [-0.25, -0.2) is 20.0 Å². The Kier molecular flexibility index (Phi) is 2.77. The molecule has 0 N–H and O–H groups in total. The van der Waals surface area contributed by atoms with Crippen LogP contribution >= 0.6 is 23.2 Å². The van der Waals surface area contributed by atoms with Gasteiger partial charge in [0.15, 0.2) is 11.0 Å². The van der Waals surface area contributed by atoms with Crippen molar-refractivity contribution in [1.29, 1.82) is 0 Å². The van der Waals surface area contributed by atoms with Crippen molar-refractivity contribution in [3.05, 3.63) is 0 Å². The second-order valence-corrected chi connectivity index (χ2v) is 4.97. The molecule has 0 radical (unpaired) electrons. The van der Waals surface area contributed by atoms with Gasteiger partial charge >= 0.3 is 0 Å². The Bertz CT molecular complexity index is 465. The second-order valence-electron chi connectivity index (χ2n) is 4.05. The van der Waals surface area contributed by atoms with Gasteiger partial charge in [-0.05, 0) is 19.3 Å². The summed E-state index contributed by atoms with van der Waals surface area (Å²) in [7, 11) is 0. The van der Waals surface area contributed by atoms with Crippen molar-refractivity contribution in [1.82, 2.24) is 0 Å². The van der Waals surface area contributed by atoms with E-state index in [4.69, 9.17) is 27.9 Å². The molecular formula is C10H10Cl2N4O. The first-order valence-electron chi connectivity index (χ1n) is 5.46. The summed E-state index contributed by atoms with van der Waals surface area (Å²) in [6.07, 6.45) is 4.07. The molecule has 1 saturated heterocycles. The maximum absolute atomic E-state index is 6.40. The lowest BCUT2D eigenvalue weighted by Crippen LogP contribution is -2.43. The maximum atomic E-state index is 6.40. The number of hydrogen-bond donors (Lipinski definition) is 0. The Balaban J connectivity index is 1.94. The van der Waals surface area contributed by atoms with Crippen LogP contribution in [0.5, 0.6) is 0 Å². The van der Waals surface area contributed by atoms with Gasteiger partial charge in [-0.1, -0.05) is 23.2 Å². The van der Waals surface area contributed by atoms with E-state index in [0.29, 0.717) is 18.2 Å². The van der Waals surface area contributed by atoms with Crippen molar-refractivity contribution in [2.75, 3.05) is 6.61 Å². The van der Waals surface area contributed by atoms with Gasteiger partial charge in [0, 0.05) is 6.61 Å². The van der Waals surface area contributed by atoms with Gasteiger partial charge < -0.3 is 4.74 Å². The molecule has 7 heteroatoms. The second kappa shape index (κ2) is 4.15. The summed E-state index contributed by atoms with van der Waals surface area (Å²) in [4.78, 5) is 16.5. The van der Waals surface area contributed by atoms with Crippen molar-refractivity contribution < 1.29 is 4.74 Å². The van der Waals surface area contributed by atoms with Gasteiger partial charge in [0.25, 0.3) is 5.12 Å². The van der Waals surface area contributed by atoms with Gasteiger partial charge in [0.05, 0.1) is 0 Å². The first-order valence-corrected chi connectivity index (χ1v) is 6.21. The number of nitrogens with zero attached hydrogens (tertiary/aromatic N) is 4. The molecule has 2 unspecified atom stereocenters. The highest BCUT2D eigenvalue weighted by Crippen LogP contribution is 2.35. The van der Waals surface area contributed by atoms with Crippen LogP contribution in [-0.2, 0) is 4.74 Å². The van der Waals surface area contributed by atoms with Gasteiger partial charge in [-0.15, -0.1) is 0 Å². The molecule has 0 aromatic heterocycles. The van der Waals surface area contributed by atoms with Crippen LogP contribution in [0, 0.1) is 0 Å². The van der Waals surface area contributed by atoms with Gasteiger partial charge in [-0.3, -0.25) is 0 Å². The highest BCUT2D eigenvalue weighted by atomic mass is 35.5. The van der Waals surface area contributed by atoms with E-state index in [9.17, 15) is 0 Å². The van der Waals surface area contributed by atoms with Crippen LogP contribution < -0.4 is 0 Å². The molecule has 0 spiro atoms. The van der Waals surface area contributed by atoms with E-state index in [2.05, 4.69) is 20.0 Å². The van der Waals surface area contributed by atoms with E-state index in [1.807, 2.05) is 0 Å². The molecule has 0 aromatic carbocycles. The highest BCUT2D eigenvalue weighted by molar-refractivity contribution is 6.94. The monoisotopic (exact) mass is 272 g/mol. The number of ether oxygens (including phenoxy) is 1. The summed E-state index contributed by atoms with van der Waals surface area (Å²) >= 11 is 12.4. The number of hydrogen-bond acceptors (Lipinski definition) is 5. The van der Waals surface area contributed by atoms with Crippen molar-refractivity contribution in [2.24, 2.45) is 20.0 Å². The Hall–Kier alpha value is -0.780. The first-order chi connectivity index (χ1) is 8.19. The summed E-state index contributed by atoms with van der Waals surface area (Å²) in [5.41, 5.74) is 0.485. The van der Waals surface area contributed by atoms with Crippen LogP contribution in [0.4, 0.5) is 0 Å². The predicted molar refractivity (Wildman–Crippen MR) is 68.8 cm³/mol. The van der Waals surface area contributed by atoms with Crippen molar-refractivity contribution in [2.45, 2.75) is 30.5 Å². The van der Waals surface area contributed by atoms with Crippen LogP contribution in [0.3, 0.4) is 0 Å². The number of rotatable bonds is 1. The Morgan fingerprint density at radius 3 is 3.00 bits per heavy atom. The predicted octanol–water partition coefficient (Wildman–Crippen LogP) is 1.98. The molecule has 5 nitrogen and oxygen atoms in total. The number of alkyl halides is 1. The summed E-state index contributed by atoms with van der Waals surface area (Å²) in [5, 5.41) is -0.940. The minimum absolute atomic E-state index is 0.247. The quantitative estimate of drug-likeness (QED) is 0.532. The summed E-state index contributed by atoms with van der Waals surface area (Å²) in [6, 6.07) is 0. The molecule has 1 fully saturated rings. The average Bonchev–Trinajstić information content (AvgIpc) is 2.78. The van der Waals surface area contributed by atoms with Gasteiger partial charge in [-0.2, -0.15) is 0 Å². The lowest BCUT2D eigenvalue weighted by molar-refractivity contribution is -0.00733. The minimum atomic E-state index is -1.19. The summed E-state index contributed by atoms with van der Waals surface area (Å²) < 4.78 is 5.62. The number of fused-ring (bicyclic) bond motifs is 1. The number of amidine groups is 1. The van der Waals surface area contributed by atoms with Crippen molar-refractivity contribution >= 4 is 46.3 Å². The molecule has 3 aliphatic heterocycles. The molecule has 2 atom stereocenters. The fourth-order valence-electron chi connectivity index (χ4n) is 2.03. The molecule has 0 saturated carbocycles. The lowest BCUT2D eigenvalue weighted by atomic mass is 10.1. The zero-order valence-corrected chi connectivity index (χ0v) is 10.4. The smallest absolute Gasteiger partial charge is 0.255 e. The van der Waals surface area contributed by atoms with Crippen molar-refractivity contribution in [3.63, 3.8) is 0 Å². The van der Waals surface area contributed by atoms with Crippen LogP contribution in [0.15, 0.2) is 20.0 Å². The maximum Gasteiger partial charge on any atom is 0.255 e. The third-order valence-electron chi connectivity index (χ3n) is 2.88. The van der Waals surface area contributed by atoms with Gasteiger partial charge in [0.1, 0.15) is 18.2 Å².